The number of nitrogens with two attached hydrogens (primary N) is 1. The zero-order valence-corrected chi connectivity index (χ0v) is 14.6. The molecule has 0 saturated heterocycles. The summed E-state index contributed by atoms with van der Waals surface area (Å²) < 4.78 is 7.22. The lowest BCUT2D eigenvalue weighted by Gasteiger charge is -2.36. The lowest BCUT2D eigenvalue weighted by Crippen LogP contribution is -2.42. The average Bonchev–Trinajstić information content (AvgIpc) is 2.59. The van der Waals surface area contributed by atoms with Gasteiger partial charge in [0.2, 0.25) is 0 Å². The Kier molecular flexibility index (Phi) is 5.00. The summed E-state index contributed by atoms with van der Waals surface area (Å²) in [5, 5.41) is 2.30. The molecule has 2 N–H and O–H groups in total. The van der Waals surface area contributed by atoms with Crippen LogP contribution in [0.2, 0.25) is 18.1 Å². The molecule has 0 bridgehead atoms. The highest BCUT2D eigenvalue weighted by molar-refractivity contribution is 9.10. The zero-order chi connectivity index (χ0) is 13.3. The maximum absolute atomic E-state index is 6.15. The third-order valence-electron chi connectivity index (χ3n) is 3.38. The van der Waals surface area contributed by atoms with Crippen LogP contribution >= 0.6 is 27.3 Å². The molecule has 0 aromatic carbocycles. The van der Waals surface area contributed by atoms with E-state index >= 15 is 0 Å². The molecule has 0 saturated carbocycles. The lowest BCUT2D eigenvalue weighted by atomic mass is 10.2. The largest absolute Gasteiger partial charge is 0.415 e. The third kappa shape index (κ3) is 4.17. The van der Waals surface area contributed by atoms with E-state index in [0.29, 0.717) is 6.61 Å². The second-order valence-electron chi connectivity index (χ2n) is 5.85. The second-order valence-corrected chi connectivity index (χ2v) is 12.5. The van der Waals surface area contributed by atoms with Crippen molar-refractivity contribution in [1.82, 2.24) is 0 Å². The summed E-state index contributed by atoms with van der Waals surface area (Å²) >= 11 is 5.12. The molecule has 5 heteroatoms. The van der Waals surface area contributed by atoms with Crippen LogP contribution in [0, 0.1) is 0 Å². The van der Waals surface area contributed by atoms with E-state index in [1.54, 1.807) is 11.3 Å². The molecule has 1 aromatic rings. The summed E-state index contributed by atoms with van der Waals surface area (Å²) in [6.45, 7) is 11.9. The molecule has 0 aliphatic rings. The average molecular weight is 336 g/mol. The lowest BCUT2D eigenvalue weighted by molar-refractivity contribution is 0.266. The van der Waals surface area contributed by atoms with Gasteiger partial charge in [-0.1, -0.05) is 20.8 Å². The zero-order valence-electron chi connectivity index (χ0n) is 11.2. The smallest absolute Gasteiger partial charge is 0.192 e. The van der Waals surface area contributed by atoms with Crippen molar-refractivity contribution in [2.24, 2.45) is 5.73 Å². The van der Waals surface area contributed by atoms with Gasteiger partial charge in [-0.05, 0) is 40.1 Å². The molecule has 1 rings (SSSR count). The van der Waals surface area contributed by atoms with Crippen molar-refractivity contribution in [3.8, 4) is 0 Å². The SMILES string of the molecule is CC(C)(C)[Si](C)(C)OC[C@@H](N)c1cc(Br)cs1. The summed E-state index contributed by atoms with van der Waals surface area (Å²) in [4.78, 5) is 1.18. The number of rotatable bonds is 4. The minimum absolute atomic E-state index is 0.0135. The molecule has 0 fully saturated rings. The normalized spacial score (nSPS) is 15.0. The summed E-state index contributed by atoms with van der Waals surface area (Å²) in [5.74, 6) is 0. The molecule has 0 radical (unpaired) electrons. The van der Waals surface area contributed by atoms with E-state index in [-0.39, 0.29) is 11.1 Å². The molecule has 17 heavy (non-hydrogen) atoms. The van der Waals surface area contributed by atoms with Gasteiger partial charge >= 0.3 is 0 Å². The Morgan fingerprint density at radius 2 is 2.06 bits per heavy atom. The number of halogens is 1. The second kappa shape index (κ2) is 5.53. The van der Waals surface area contributed by atoms with E-state index in [2.05, 4.69) is 61.2 Å². The Morgan fingerprint density at radius 3 is 2.47 bits per heavy atom. The standard InChI is InChI=1S/C12H22BrNOSSi/c1-12(2,3)17(4,5)15-7-10(14)11-6-9(13)8-16-11/h6,8,10H,7,14H2,1-5H3/t10-/m1/s1. The maximum Gasteiger partial charge on any atom is 0.192 e. The molecule has 2 nitrogen and oxygen atoms in total. The van der Waals surface area contributed by atoms with Crippen molar-refractivity contribution < 1.29 is 4.43 Å². The molecular formula is C12H22BrNOSSi. The summed E-state index contributed by atoms with van der Waals surface area (Å²) in [6, 6.07) is 2.06. The van der Waals surface area contributed by atoms with Crippen molar-refractivity contribution in [3.05, 3.63) is 20.8 Å². The molecule has 0 amide bonds. The van der Waals surface area contributed by atoms with Crippen molar-refractivity contribution in [2.75, 3.05) is 6.61 Å². The quantitative estimate of drug-likeness (QED) is 0.820. The van der Waals surface area contributed by atoms with Crippen LogP contribution in [-0.4, -0.2) is 14.9 Å². The maximum atomic E-state index is 6.15. The van der Waals surface area contributed by atoms with Gasteiger partial charge in [-0.25, -0.2) is 0 Å². The van der Waals surface area contributed by atoms with E-state index in [1.807, 2.05) is 0 Å². The van der Waals surface area contributed by atoms with Crippen molar-refractivity contribution in [1.29, 1.82) is 0 Å². The van der Waals surface area contributed by atoms with Gasteiger partial charge in [-0.2, -0.15) is 0 Å². The van der Waals surface area contributed by atoms with Gasteiger partial charge in [0.05, 0.1) is 12.6 Å². The monoisotopic (exact) mass is 335 g/mol. The number of hydrogen-bond donors (Lipinski definition) is 1. The number of thiophene rings is 1. The summed E-state index contributed by atoms with van der Waals surface area (Å²) in [5.41, 5.74) is 6.15. The Balaban J connectivity index is 2.57. The minimum atomic E-state index is -1.68. The van der Waals surface area contributed by atoms with Crippen molar-refractivity contribution in [2.45, 2.75) is 44.9 Å². The summed E-state index contributed by atoms with van der Waals surface area (Å²) in [7, 11) is -1.68. The molecule has 1 aromatic heterocycles. The first kappa shape index (κ1) is 15.4. The fourth-order valence-corrected chi connectivity index (χ4v) is 3.58. The first-order chi connectivity index (χ1) is 7.63. The predicted octanol–water partition coefficient (Wildman–Crippen LogP) is 4.53. The van der Waals surface area contributed by atoms with E-state index < -0.39 is 8.32 Å². The van der Waals surface area contributed by atoms with Gasteiger partial charge in [0.1, 0.15) is 0 Å². The molecule has 0 aliphatic heterocycles. The molecule has 0 aliphatic carbocycles. The highest BCUT2D eigenvalue weighted by atomic mass is 79.9. The highest BCUT2D eigenvalue weighted by Gasteiger charge is 2.37. The highest BCUT2D eigenvalue weighted by Crippen LogP contribution is 2.37. The molecule has 0 unspecified atom stereocenters. The topological polar surface area (TPSA) is 35.2 Å². The van der Waals surface area contributed by atoms with Gasteiger partial charge in [-0.15, -0.1) is 11.3 Å². The van der Waals surface area contributed by atoms with Crippen LogP contribution in [0.3, 0.4) is 0 Å². The predicted molar refractivity (Wildman–Crippen MR) is 82.1 cm³/mol. The fourth-order valence-electron chi connectivity index (χ4n) is 1.12. The Morgan fingerprint density at radius 1 is 1.47 bits per heavy atom. The van der Waals surface area contributed by atoms with Crippen molar-refractivity contribution in [3.63, 3.8) is 0 Å². The first-order valence-electron chi connectivity index (χ1n) is 5.77. The van der Waals surface area contributed by atoms with Gasteiger partial charge in [-0.3, -0.25) is 0 Å². The van der Waals surface area contributed by atoms with Crippen LogP contribution < -0.4 is 5.73 Å². The van der Waals surface area contributed by atoms with Gasteiger partial charge in [0.25, 0.3) is 0 Å². The van der Waals surface area contributed by atoms with Gasteiger partial charge < -0.3 is 10.2 Å². The Labute approximate surface area is 118 Å². The van der Waals surface area contributed by atoms with Crippen molar-refractivity contribution >= 4 is 35.6 Å². The molecule has 1 heterocycles. The van der Waals surface area contributed by atoms with Gasteiger partial charge in [0, 0.05) is 14.7 Å². The van der Waals surface area contributed by atoms with Crippen LogP contribution in [0.15, 0.2) is 15.9 Å². The van der Waals surface area contributed by atoms with E-state index in [4.69, 9.17) is 10.2 Å². The minimum Gasteiger partial charge on any atom is -0.415 e. The molecule has 98 valence electrons. The van der Waals surface area contributed by atoms with Crippen LogP contribution in [0.1, 0.15) is 31.7 Å². The number of hydrogen-bond acceptors (Lipinski definition) is 3. The third-order valence-corrected chi connectivity index (χ3v) is 9.71. The Hall–Kier alpha value is 0.317. The first-order valence-corrected chi connectivity index (χ1v) is 10.3. The van der Waals surface area contributed by atoms with E-state index in [0.717, 1.165) is 4.47 Å². The van der Waals surface area contributed by atoms with Crippen LogP contribution in [0.4, 0.5) is 0 Å². The van der Waals surface area contributed by atoms with E-state index in [9.17, 15) is 0 Å². The summed E-state index contributed by atoms with van der Waals surface area (Å²) in [6.07, 6.45) is 0. The van der Waals surface area contributed by atoms with Gasteiger partial charge in [0.15, 0.2) is 8.32 Å². The van der Waals surface area contributed by atoms with Crippen LogP contribution in [-0.2, 0) is 4.43 Å². The molecule has 0 spiro atoms. The van der Waals surface area contributed by atoms with E-state index in [1.165, 1.54) is 4.88 Å². The Bertz CT molecular complexity index is 373. The molecular weight excluding hydrogens is 314 g/mol. The fraction of sp³-hybridized carbons (Fsp3) is 0.667. The molecule has 1 atom stereocenters. The van der Waals surface area contributed by atoms with Crippen LogP contribution in [0.5, 0.6) is 0 Å². The van der Waals surface area contributed by atoms with Crippen LogP contribution in [0.25, 0.3) is 0 Å².